The zero-order valence-electron chi connectivity index (χ0n) is 7.22. The van der Waals surface area contributed by atoms with Crippen molar-refractivity contribution in [3.05, 3.63) is 29.3 Å². The third-order valence-corrected chi connectivity index (χ3v) is 1.93. The summed E-state index contributed by atoms with van der Waals surface area (Å²) in [5.41, 5.74) is 5.62. The van der Waals surface area contributed by atoms with E-state index in [2.05, 4.69) is 0 Å². The minimum atomic E-state index is -1.23. The number of phenols is 1. The minimum Gasteiger partial charge on any atom is -0.505 e. The van der Waals surface area contributed by atoms with Gasteiger partial charge in [-0.15, -0.1) is 0 Å². The fourth-order valence-corrected chi connectivity index (χ4v) is 1.06. The average molecular weight is 187 g/mol. The van der Waals surface area contributed by atoms with Gasteiger partial charge in [0, 0.05) is 11.6 Å². The second kappa shape index (κ2) is 3.70. The first-order valence-electron chi connectivity index (χ1n) is 4.00. The van der Waals surface area contributed by atoms with E-state index in [1.165, 1.54) is 6.07 Å². The Kier molecular flexibility index (Phi) is 2.83. The van der Waals surface area contributed by atoms with Gasteiger partial charge in [0.05, 0.1) is 0 Å². The summed E-state index contributed by atoms with van der Waals surface area (Å²) < 4.78 is 25.9. The summed E-state index contributed by atoms with van der Waals surface area (Å²) in [6.45, 7) is 1.77. The monoisotopic (exact) mass is 187 g/mol. The van der Waals surface area contributed by atoms with Crippen LogP contribution in [0, 0.1) is 11.6 Å². The molecule has 0 unspecified atom stereocenters. The highest BCUT2D eigenvalue weighted by atomic mass is 19.2. The first-order valence-corrected chi connectivity index (χ1v) is 4.00. The van der Waals surface area contributed by atoms with Gasteiger partial charge in [-0.1, -0.05) is 13.0 Å². The van der Waals surface area contributed by atoms with Crippen LogP contribution in [0.2, 0.25) is 0 Å². The van der Waals surface area contributed by atoms with Gasteiger partial charge >= 0.3 is 0 Å². The molecule has 2 nitrogen and oxygen atoms in total. The van der Waals surface area contributed by atoms with Gasteiger partial charge in [0.15, 0.2) is 11.6 Å². The highest BCUT2D eigenvalue weighted by Crippen LogP contribution is 2.25. The molecule has 0 aliphatic carbocycles. The van der Waals surface area contributed by atoms with Gasteiger partial charge in [-0.25, -0.2) is 4.39 Å². The van der Waals surface area contributed by atoms with Crippen LogP contribution in [0.1, 0.15) is 24.9 Å². The lowest BCUT2D eigenvalue weighted by Gasteiger charge is -2.10. The van der Waals surface area contributed by atoms with Crippen molar-refractivity contribution in [2.45, 2.75) is 19.4 Å². The van der Waals surface area contributed by atoms with Gasteiger partial charge in [0.2, 0.25) is 5.82 Å². The Balaban J connectivity index is 3.18. The molecule has 0 radical (unpaired) electrons. The average Bonchev–Trinajstić information content (AvgIpc) is 2.13. The van der Waals surface area contributed by atoms with Crippen LogP contribution in [0.4, 0.5) is 8.78 Å². The highest BCUT2D eigenvalue weighted by molar-refractivity contribution is 5.31. The maximum atomic E-state index is 13.1. The second-order valence-electron chi connectivity index (χ2n) is 2.82. The van der Waals surface area contributed by atoms with Crippen LogP contribution < -0.4 is 5.73 Å². The Labute approximate surface area is 75.0 Å². The van der Waals surface area contributed by atoms with Gasteiger partial charge in [-0.05, 0) is 12.5 Å². The van der Waals surface area contributed by atoms with Crippen molar-refractivity contribution in [1.29, 1.82) is 0 Å². The van der Waals surface area contributed by atoms with Gasteiger partial charge < -0.3 is 10.8 Å². The summed E-state index contributed by atoms with van der Waals surface area (Å²) in [4.78, 5) is 0. The van der Waals surface area contributed by atoms with E-state index in [0.717, 1.165) is 6.07 Å². The standard InChI is InChI=1S/C9H11F2NO/c1-2-6(12)5-3-4-7(13)9(11)8(5)10/h3-4,6,13H,2,12H2,1H3/t6-/m1/s1. The Morgan fingerprint density at radius 3 is 2.54 bits per heavy atom. The molecule has 0 spiro atoms. The molecule has 0 saturated heterocycles. The smallest absolute Gasteiger partial charge is 0.200 e. The quantitative estimate of drug-likeness (QED) is 0.744. The van der Waals surface area contributed by atoms with Crippen LogP contribution in [-0.2, 0) is 0 Å². The van der Waals surface area contributed by atoms with E-state index in [1.807, 2.05) is 0 Å². The van der Waals surface area contributed by atoms with E-state index in [-0.39, 0.29) is 5.56 Å². The zero-order chi connectivity index (χ0) is 10.0. The van der Waals surface area contributed by atoms with Crippen LogP contribution in [-0.4, -0.2) is 5.11 Å². The molecule has 1 rings (SSSR count). The number of phenolic OH excluding ortho intramolecular Hbond substituents is 1. The molecule has 0 aromatic heterocycles. The van der Waals surface area contributed by atoms with Gasteiger partial charge in [-0.2, -0.15) is 4.39 Å². The molecule has 1 atom stereocenters. The molecular formula is C9H11F2NO. The Bertz CT molecular complexity index is 315. The normalized spacial score (nSPS) is 12.9. The van der Waals surface area contributed by atoms with Crippen LogP contribution in [0.15, 0.2) is 12.1 Å². The number of hydrogen-bond donors (Lipinski definition) is 2. The van der Waals surface area contributed by atoms with Crippen LogP contribution in [0.5, 0.6) is 5.75 Å². The lowest BCUT2D eigenvalue weighted by atomic mass is 10.0. The molecule has 0 heterocycles. The lowest BCUT2D eigenvalue weighted by molar-refractivity contribution is 0.401. The number of hydrogen-bond acceptors (Lipinski definition) is 2. The van der Waals surface area contributed by atoms with Crippen LogP contribution in [0.25, 0.3) is 0 Å². The van der Waals surface area contributed by atoms with Crippen LogP contribution >= 0.6 is 0 Å². The predicted molar refractivity (Wildman–Crippen MR) is 45.2 cm³/mol. The van der Waals surface area contributed by atoms with Crippen molar-refractivity contribution in [1.82, 2.24) is 0 Å². The van der Waals surface area contributed by atoms with Crippen molar-refractivity contribution >= 4 is 0 Å². The van der Waals surface area contributed by atoms with Crippen molar-refractivity contribution < 1.29 is 13.9 Å². The summed E-state index contributed by atoms with van der Waals surface area (Å²) in [6, 6.07) is 1.86. The van der Waals surface area contributed by atoms with E-state index in [9.17, 15) is 8.78 Å². The molecule has 0 aliphatic heterocycles. The van der Waals surface area contributed by atoms with Gasteiger partial charge in [0.1, 0.15) is 0 Å². The molecule has 4 heteroatoms. The predicted octanol–water partition coefficient (Wildman–Crippen LogP) is 2.08. The Morgan fingerprint density at radius 2 is 2.00 bits per heavy atom. The van der Waals surface area contributed by atoms with Crippen LogP contribution in [0.3, 0.4) is 0 Å². The SMILES string of the molecule is CC[C@@H](N)c1ccc(O)c(F)c1F. The number of benzene rings is 1. The molecule has 72 valence electrons. The Morgan fingerprint density at radius 1 is 1.38 bits per heavy atom. The third-order valence-electron chi connectivity index (χ3n) is 1.93. The molecule has 3 N–H and O–H groups in total. The van der Waals surface area contributed by atoms with E-state index < -0.39 is 23.4 Å². The number of aromatic hydroxyl groups is 1. The third kappa shape index (κ3) is 1.78. The highest BCUT2D eigenvalue weighted by Gasteiger charge is 2.16. The fourth-order valence-electron chi connectivity index (χ4n) is 1.06. The molecule has 1 aromatic rings. The molecule has 0 amide bonds. The maximum absolute atomic E-state index is 13.1. The molecule has 13 heavy (non-hydrogen) atoms. The second-order valence-corrected chi connectivity index (χ2v) is 2.82. The number of halogens is 2. The first kappa shape index (κ1) is 9.92. The summed E-state index contributed by atoms with van der Waals surface area (Å²) in [5.74, 6) is -2.99. The summed E-state index contributed by atoms with van der Waals surface area (Å²) in [6.07, 6.45) is 0.515. The van der Waals surface area contributed by atoms with Gasteiger partial charge in [-0.3, -0.25) is 0 Å². The molecule has 1 aromatic carbocycles. The number of rotatable bonds is 2. The van der Waals surface area contributed by atoms with Crippen molar-refractivity contribution in [3.63, 3.8) is 0 Å². The maximum Gasteiger partial charge on any atom is 0.200 e. The lowest BCUT2D eigenvalue weighted by Crippen LogP contribution is -2.11. The largest absolute Gasteiger partial charge is 0.505 e. The Hall–Kier alpha value is -1.16. The molecule has 0 saturated carbocycles. The topological polar surface area (TPSA) is 46.2 Å². The summed E-state index contributed by atoms with van der Waals surface area (Å²) in [5, 5.41) is 8.82. The zero-order valence-corrected chi connectivity index (χ0v) is 7.22. The van der Waals surface area contributed by atoms with Crippen molar-refractivity contribution in [3.8, 4) is 5.75 Å². The minimum absolute atomic E-state index is 0.0952. The van der Waals surface area contributed by atoms with Crippen molar-refractivity contribution in [2.75, 3.05) is 0 Å². The molecule has 0 bridgehead atoms. The van der Waals surface area contributed by atoms with E-state index in [4.69, 9.17) is 10.8 Å². The molecule has 0 aliphatic rings. The molecule has 0 fully saturated rings. The number of nitrogens with two attached hydrogens (primary N) is 1. The fraction of sp³-hybridized carbons (Fsp3) is 0.333. The first-order chi connectivity index (χ1) is 6.07. The molecular weight excluding hydrogens is 176 g/mol. The summed E-state index contributed by atoms with van der Waals surface area (Å²) >= 11 is 0. The van der Waals surface area contributed by atoms with E-state index >= 15 is 0 Å². The van der Waals surface area contributed by atoms with Crippen molar-refractivity contribution in [2.24, 2.45) is 5.73 Å². The van der Waals surface area contributed by atoms with E-state index in [1.54, 1.807) is 6.92 Å². The summed E-state index contributed by atoms with van der Waals surface area (Å²) in [7, 11) is 0. The van der Waals surface area contributed by atoms with E-state index in [0.29, 0.717) is 6.42 Å². The van der Waals surface area contributed by atoms with Gasteiger partial charge in [0.25, 0.3) is 0 Å².